The molecule has 0 radical (unpaired) electrons. The van der Waals surface area contributed by atoms with Crippen molar-refractivity contribution in [2.75, 3.05) is 45.7 Å². The molecule has 0 fully saturated rings. The lowest BCUT2D eigenvalue weighted by Crippen LogP contribution is -2.59. The van der Waals surface area contributed by atoms with Gasteiger partial charge in [-0.25, -0.2) is 0 Å². The van der Waals surface area contributed by atoms with Crippen molar-refractivity contribution >= 4 is 33.2 Å². The van der Waals surface area contributed by atoms with E-state index in [1.165, 1.54) is 0 Å². The quantitative estimate of drug-likeness (QED) is 0.131. The van der Waals surface area contributed by atoms with E-state index in [4.69, 9.17) is 14.0 Å². The summed E-state index contributed by atoms with van der Waals surface area (Å²) in [4.78, 5) is 31.2. The molecule has 0 bridgehead atoms. The topological polar surface area (TPSA) is 146 Å². The first kappa shape index (κ1) is 38.3. The number of unbranched alkanes of at least 4 members (excludes halogenated alkanes) is 2. The average molecular weight is 760 g/mol. The molecule has 3 aliphatic carbocycles. The van der Waals surface area contributed by atoms with Gasteiger partial charge in [0.1, 0.15) is 17.1 Å². The Kier molecular flexibility index (Phi) is 12.1. The first-order valence-corrected chi connectivity index (χ1v) is 19.1. The molecule has 0 saturated carbocycles. The monoisotopic (exact) mass is 758 g/mol. The van der Waals surface area contributed by atoms with Crippen LogP contribution in [0.25, 0.3) is 0 Å². The smallest absolute Gasteiger partial charge is 0.265 e. The predicted molar refractivity (Wildman–Crippen MR) is 196 cm³/mol. The highest BCUT2D eigenvalue weighted by Crippen LogP contribution is 2.57. The van der Waals surface area contributed by atoms with Crippen LogP contribution in [-0.2, 0) is 13.0 Å². The maximum atomic E-state index is 14.9. The molecular formula is C38H55BrN4O7. The van der Waals surface area contributed by atoms with Gasteiger partial charge < -0.3 is 34.8 Å². The van der Waals surface area contributed by atoms with Crippen LogP contribution in [0.15, 0.2) is 20.3 Å². The van der Waals surface area contributed by atoms with Crippen LogP contribution in [0.1, 0.15) is 117 Å². The highest BCUT2D eigenvalue weighted by molar-refractivity contribution is 9.10. The molecule has 3 aliphatic rings. The average Bonchev–Trinajstić information content (AvgIpc) is 3.47. The molecule has 0 unspecified atom stereocenters. The molecule has 1 heterocycles. The van der Waals surface area contributed by atoms with Gasteiger partial charge in [-0.3, -0.25) is 14.5 Å². The lowest BCUT2D eigenvalue weighted by Gasteiger charge is -2.49. The standard InChI is InChI=1S/C38H55BrN4O7/c1-9-11-13-48-33-24(19-40-17-20(3)4)30(41-18-21(5)6)29(39)23-15-22-16-25-31(43(7)8)34-28(37(42-50-34)49-14-12-10-2)36(46)38(25,47)35(45)26(22)32(44)27(23)33/h20-22,25,31,40-41,45,47H,9-19H2,1-8H3/t22-,25-,31-,38-/m0/s1. The second-order valence-electron chi connectivity index (χ2n) is 15.1. The highest BCUT2D eigenvalue weighted by Gasteiger charge is 2.64. The molecule has 50 heavy (non-hydrogen) atoms. The van der Waals surface area contributed by atoms with Gasteiger partial charge in [0.25, 0.3) is 5.88 Å². The number of rotatable bonds is 16. The Labute approximate surface area is 304 Å². The predicted octanol–water partition coefficient (Wildman–Crippen LogP) is 7.03. The summed E-state index contributed by atoms with van der Waals surface area (Å²) in [7, 11) is 3.67. The fourth-order valence-electron chi connectivity index (χ4n) is 7.59. The number of fused-ring (bicyclic) bond motifs is 4. The zero-order valence-corrected chi connectivity index (χ0v) is 32.5. The van der Waals surface area contributed by atoms with Crippen LogP contribution in [-0.4, -0.2) is 77.8 Å². The number of nitrogens with one attached hydrogen (secondary N) is 2. The van der Waals surface area contributed by atoms with Gasteiger partial charge in [-0.15, -0.1) is 0 Å². The van der Waals surface area contributed by atoms with E-state index in [0.29, 0.717) is 55.1 Å². The summed E-state index contributed by atoms with van der Waals surface area (Å²) in [6, 6.07) is -0.613. The number of ketones is 2. The molecule has 1 aromatic heterocycles. The van der Waals surface area contributed by atoms with Gasteiger partial charge in [0.05, 0.1) is 30.5 Å². The van der Waals surface area contributed by atoms with E-state index in [9.17, 15) is 19.8 Å². The van der Waals surface area contributed by atoms with E-state index in [0.717, 1.165) is 60.1 Å². The number of halogens is 1. The summed E-state index contributed by atoms with van der Waals surface area (Å²) in [5.41, 5.74) is 0.574. The molecule has 4 atom stereocenters. The zero-order chi connectivity index (χ0) is 36.5. The fourth-order valence-corrected chi connectivity index (χ4v) is 8.33. The molecule has 0 spiro atoms. The summed E-state index contributed by atoms with van der Waals surface area (Å²) in [6.07, 6.45) is 3.99. The maximum Gasteiger partial charge on any atom is 0.265 e. The molecule has 4 N–H and O–H groups in total. The van der Waals surface area contributed by atoms with E-state index >= 15 is 0 Å². The SMILES string of the molecule is CCCCOc1noc2c1C(=O)[C@@]1(O)C(O)=C3C(=O)c4c(c(Br)c(NCC(C)C)c(CNCC(C)C)c4OCCCC)C[C@H]3C[C@H]1[C@@H]2N(C)C. The number of carbonyl (C=O) groups excluding carboxylic acids is 2. The van der Waals surface area contributed by atoms with Gasteiger partial charge in [0.15, 0.2) is 17.1 Å². The number of ether oxygens (including phenoxy) is 2. The highest BCUT2D eigenvalue weighted by atomic mass is 79.9. The summed E-state index contributed by atoms with van der Waals surface area (Å²) in [5, 5.41) is 35.9. The lowest BCUT2D eigenvalue weighted by atomic mass is 9.58. The molecule has 11 nitrogen and oxygen atoms in total. The molecule has 0 amide bonds. The van der Waals surface area contributed by atoms with Crippen LogP contribution in [0.4, 0.5) is 5.69 Å². The normalized spacial score (nSPS) is 22.9. The van der Waals surface area contributed by atoms with Gasteiger partial charge in [0, 0.05) is 34.6 Å². The Morgan fingerprint density at radius 2 is 1.70 bits per heavy atom. The minimum atomic E-state index is -2.38. The van der Waals surface area contributed by atoms with Crippen LogP contribution in [0.5, 0.6) is 11.6 Å². The Balaban J connectivity index is 1.69. The Morgan fingerprint density at radius 1 is 1.04 bits per heavy atom. The van der Waals surface area contributed by atoms with Crippen LogP contribution < -0.4 is 20.1 Å². The van der Waals surface area contributed by atoms with Crippen molar-refractivity contribution in [3.63, 3.8) is 0 Å². The minimum absolute atomic E-state index is 0.00655. The number of aromatic nitrogens is 1. The van der Waals surface area contributed by atoms with E-state index in [2.05, 4.69) is 66.3 Å². The number of benzene rings is 1. The molecule has 0 aliphatic heterocycles. The van der Waals surface area contributed by atoms with Crippen molar-refractivity contribution in [1.29, 1.82) is 0 Å². The number of aliphatic hydroxyl groups excluding tert-OH is 1. The van der Waals surface area contributed by atoms with Gasteiger partial charge >= 0.3 is 0 Å². The maximum absolute atomic E-state index is 14.9. The molecule has 0 saturated heterocycles. The number of allylic oxidation sites excluding steroid dienone is 1. The Morgan fingerprint density at radius 3 is 2.32 bits per heavy atom. The third-order valence-corrected chi connectivity index (χ3v) is 11.0. The number of carbonyl (C=O) groups is 2. The van der Waals surface area contributed by atoms with Crippen molar-refractivity contribution < 1.29 is 33.8 Å². The number of Topliss-reactive ketones (excluding diaryl/α,β-unsaturated/α-hetero) is 2. The summed E-state index contributed by atoms with van der Waals surface area (Å²) in [6.45, 7) is 15.4. The summed E-state index contributed by atoms with van der Waals surface area (Å²) in [5.74, 6) is -1.53. The van der Waals surface area contributed by atoms with Crippen LogP contribution in [0.3, 0.4) is 0 Å². The third kappa shape index (κ3) is 6.85. The van der Waals surface area contributed by atoms with Gasteiger partial charge in [-0.1, -0.05) is 54.4 Å². The largest absolute Gasteiger partial charge is 0.508 e. The van der Waals surface area contributed by atoms with Crippen LogP contribution in [0, 0.1) is 23.7 Å². The van der Waals surface area contributed by atoms with E-state index in [1.807, 2.05) is 25.9 Å². The van der Waals surface area contributed by atoms with Gasteiger partial charge in [-0.2, -0.15) is 0 Å². The first-order valence-electron chi connectivity index (χ1n) is 18.3. The van der Waals surface area contributed by atoms with Crippen LogP contribution in [0.2, 0.25) is 0 Å². The molecule has 276 valence electrons. The Hall–Kier alpha value is -2.93. The molecule has 2 aromatic rings. The number of hydrogen-bond donors (Lipinski definition) is 4. The number of aliphatic hydroxyl groups is 2. The molecular weight excluding hydrogens is 704 g/mol. The molecule has 5 rings (SSSR count). The van der Waals surface area contributed by atoms with E-state index in [-0.39, 0.29) is 23.4 Å². The van der Waals surface area contributed by atoms with Crippen molar-refractivity contribution in [2.45, 2.75) is 98.3 Å². The van der Waals surface area contributed by atoms with Crippen molar-refractivity contribution in [2.24, 2.45) is 23.7 Å². The molecule has 12 heteroatoms. The van der Waals surface area contributed by atoms with Crippen molar-refractivity contribution in [3.05, 3.63) is 43.8 Å². The second-order valence-corrected chi connectivity index (χ2v) is 15.9. The lowest BCUT2D eigenvalue weighted by molar-refractivity contribution is -0.0559. The van der Waals surface area contributed by atoms with Crippen molar-refractivity contribution in [1.82, 2.24) is 15.4 Å². The Bertz CT molecular complexity index is 1620. The summed E-state index contributed by atoms with van der Waals surface area (Å²) < 4.78 is 18.9. The minimum Gasteiger partial charge on any atom is -0.508 e. The third-order valence-electron chi connectivity index (χ3n) is 10.1. The molecule has 1 aromatic carbocycles. The van der Waals surface area contributed by atoms with Crippen molar-refractivity contribution in [3.8, 4) is 11.6 Å². The van der Waals surface area contributed by atoms with Crippen LogP contribution >= 0.6 is 15.9 Å². The zero-order valence-electron chi connectivity index (χ0n) is 30.9. The fraction of sp³-hybridized carbons (Fsp3) is 0.658. The van der Waals surface area contributed by atoms with E-state index < -0.39 is 40.8 Å². The first-order chi connectivity index (χ1) is 23.8. The van der Waals surface area contributed by atoms with E-state index in [1.54, 1.807) is 0 Å². The second kappa shape index (κ2) is 15.8. The van der Waals surface area contributed by atoms with Gasteiger partial charge in [0.2, 0.25) is 5.78 Å². The number of hydrogen-bond acceptors (Lipinski definition) is 11. The summed E-state index contributed by atoms with van der Waals surface area (Å²) >= 11 is 3.91. The number of nitrogens with zero attached hydrogens (tertiary/aromatic N) is 2. The van der Waals surface area contributed by atoms with Gasteiger partial charge in [-0.05, 0) is 90.7 Å². The number of anilines is 1.